The molecule has 0 bridgehead atoms. The fraction of sp³-hybridized carbons (Fsp3) is 0. The summed E-state index contributed by atoms with van der Waals surface area (Å²) in [6, 6.07) is 0. The van der Waals surface area contributed by atoms with E-state index in [1.54, 1.807) is 0 Å². The molecule has 0 aliphatic carbocycles. The number of hydrogen-bond donors (Lipinski definition) is 0. The third-order valence-corrected chi connectivity index (χ3v) is 0. The van der Waals surface area contributed by atoms with Crippen molar-refractivity contribution in [3.05, 3.63) is 0 Å². The first-order valence-corrected chi connectivity index (χ1v) is 0. The Morgan fingerprint density at radius 3 is 0.667 bits per heavy atom. The topological polar surface area (TPSA) is 0 Å². The summed E-state index contributed by atoms with van der Waals surface area (Å²) < 4.78 is 0. The molecule has 0 N–H and O–H groups in total. The zero-order valence-electron chi connectivity index (χ0n) is 2.50. The van der Waals surface area contributed by atoms with Crippen molar-refractivity contribution in [3.8, 4) is 0 Å². The average Bonchev–Trinajstić information content (AvgIpc) is 0. The molecule has 0 aliphatic heterocycles. The molecule has 0 heterocycles. The van der Waals surface area contributed by atoms with Crippen LogP contribution >= 0.6 is 0 Å². The first kappa shape index (κ1) is 49.1. The Balaban J connectivity index is 0. The van der Waals surface area contributed by atoms with Crippen molar-refractivity contribution in [2.45, 2.75) is 0 Å². The molecular weight excluding hydrogens is 318 g/mol. The molecule has 0 aromatic heterocycles. The number of rotatable bonds is 0. The van der Waals surface area contributed by atoms with Crippen LogP contribution in [0, 0.1) is 0 Å². The maximum absolute atomic E-state index is 0. The molecule has 6 heavy (non-hydrogen) atoms. The van der Waals surface area contributed by atoms with Gasteiger partial charge in [-0.1, -0.05) is 0 Å². The van der Waals surface area contributed by atoms with Gasteiger partial charge in [0.05, 0.1) is 0 Å². The molecule has 0 saturated heterocycles. The average molecular weight is 323 g/mol. The Morgan fingerprint density at radius 1 is 0.667 bits per heavy atom. The van der Waals surface area contributed by atoms with Crippen molar-refractivity contribution in [1.82, 2.24) is 0 Å². The molecule has 0 nitrogen and oxygen atoms in total. The molecule has 0 aromatic carbocycles. The maximum atomic E-state index is 0. The summed E-state index contributed by atoms with van der Waals surface area (Å²) in [6.07, 6.45) is 0. The minimum Gasteiger partial charge on any atom is 0 e. The Kier molecular flexibility index (Phi) is 288. The first-order chi connectivity index (χ1) is 0. The van der Waals surface area contributed by atoms with E-state index in [0.717, 1.165) is 0 Å². The van der Waals surface area contributed by atoms with E-state index in [1.807, 2.05) is 0 Å². The molecule has 23 valence electrons. The zero-order valence-corrected chi connectivity index (χ0v) is 12.6. The van der Waals surface area contributed by atoms with Gasteiger partial charge >= 0.3 is 37.7 Å². The summed E-state index contributed by atoms with van der Waals surface area (Å²) in [5, 5.41) is 0. The summed E-state index contributed by atoms with van der Waals surface area (Å²) in [7, 11) is 0. The van der Waals surface area contributed by atoms with E-state index < -0.39 is 0 Å². The SMILES string of the molecule is [AlH3].[CaH2].[Mn].[Zn].[Zn].[Zn]. The van der Waals surface area contributed by atoms with Crippen LogP contribution in [0.25, 0.3) is 0 Å². The molecule has 0 aliphatic rings. The van der Waals surface area contributed by atoms with Gasteiger partial charge in [-0.25, -0.2) is 0 Å². The Hall–Kier alpha value is 4.18. The van der Waals surface area contributed by atoms with Crippen LogP contribution in [0.3, 0.4) is 0 Å². The van der Waals surface area contributed by atoms with Crippen molar-refractivity contribution < 1.29 is 75.5 Å². The molecule has 1 radical (unpaired) electrons. The first-order valence-electron chi connectivity index (χ1n) is 0. The minimum absolute atomic E-state index is 0. The third-order valence-electron chi connectivity index (χ3n) is 0. The van der Waals surface area contributed by atoms with Gasteiger partial charge in [0.25, 0.3) is 0 Å². The molecule has 0 atom stereocenters. The second kappa shape index (κ2) is 35.1. The predicted molar refractivity (Wildman–Crippen MR) is 18.5 cm³/mol. The quantitative estimate of drug-likeness (QED) is 0.448. The molecule has 0 aromatic rings. The smallest absolute Gasteiger partial charge is 0 e. The Morgan fingerprint density at radius 2 is 0.667 bits per heavy atom. The van der Waals surface area contributed by atoms with E-state index in [0.29, 0.717) is 0 Å². The van der Waals surface area contributed by atoms with E-state index in [1.165, 1.54) is 0 Å². The molecule has 0 spiro atoms. The monoisotopic (exact) mass is 319 g/mol. The maximum Gasteiger partial charge on any atom is 0 e. The summed E-state index contributed by atoms with van der Waals surface area (Å²) >= 11 is 0. The van der Waals surface area contributed by atoms with Crippen LogP contribution < -0.4 is 0 Å². The van der Waals surface area contributed by atoms with Crippen molar-refractivity contribution in [3.63, 3.8) is 0 Å². The molecule has 0 amide bonds. The summed E-state index contributed by atoms with van der Waals surface area (Å²) in [5.41, 5.74) is 0. The normalized spacial score (nSPS) is 0. The Labute approximate surface area is 128 Å². The fourth-order valence-electron chi connectivity index (χ4n) is 0. The van der Waals surface area contributed by atoms with Gasteiger partial charge in [0, 0.05) is 75.5 Å². The van der Waals surface area contributed by atoms with Gasteiger partial charge in [-0.3, -0.25) is 0 Å². The van der Waals surface area contributed by atoms with Gasteiger partial charge in [0.2, 0.25) is 0 Å². The van der Waals surface area contributed by atoms with E-state index in [4.69, 9.17) is 0 Å². The van der Waals surface area contributed by atoms with Crippen molar-refractivity contribution in [2.75, 3.05) is 0 Å². The van der Waals surface area contributed by atoms with Gasteiger partial charge in [-0.15, -0.1) is 0 Å². The van der Waals surface area contributed by atoms with Crippen molar-refractivity contribution in [1.29, 1.82) is 0 Å². The number of hydrogen-bond acceptors (Lipinski definition) is 0. The summed E-state index contributed by atoms with van der Waals surface area (Å²) in [4.78, 5) is 0. The molecular formula is H5AlCaMnZn3. The van der Waals surface area contributed by atoms with Gasteiger partial charge < -0.3 is 0 Å². The standard InChI is InChI=1S/Al.Ca.Mn.3Zn.5H. The van der Waals surface area contributed by atoms with Crippen LogP contribution in [0.2, 0.25) is 0 Å². The van der Waals surface area contributed by atoms with Crippen molar-refractivity contribution in [2.24, 2.45) is 0 Å². The molecule has 6 heteroatoms. The van der Waals surface area contributed by atoms with Gasteiger partial charge in [0.1, 0.15) is 0 Å². The van der Waals surface area contributed by atoms with E-state index in [2.05, 4.69) is 0 Å². The molecule has 0 rings (SSSR count). The largest absolute Gasteiger partial charge is 0 e. The fourth-order valence-corrected chi connectivity index (χ4v) is 0. The molecule has 0 saturated carbocycles. The molecule has 0 fully saturated rings. The van der Waals surface area contributed by atoms with E-state index >= 15 is 0 Å². The zero-order chi connectivity index (χ0) is 0. The minimum atomic E-state index is 0. The van der Waals surface area contributed by atoms with Crippen LogP contribution in [0.5, 0.6) is 0 Å². The summed E-state index contributed by atoms with van der Waals surface area (Å²) in [5.74, 6) is 0. The second-order valence-corrected chi connectivity index (χ2v) is 0. The summed E-state index contributed by atoms with van der Waals surface area (Å²) in [6.45, 7) is 0. The van der Waals surface area contributed by atoms with Crippen LogP contribution in [0.4, 0.5) is 0 Å². The van der Waals surface area contributed by atoms with Crippen LogP contribution in [0.15, 0.2) is 0 Å². The Bertz CT molecular complexity index is 10.8. The van der Waals surface area contributed by atoms with Gasteiger partial charge in [-0.05, 0) is 0 Å². The van der Waals surface area contributed by atoms with Crippen LogP contribution in [0.1, 0.15) is 0 Å². The van der Waals surface area contributed by atoms with Gasteiger partial charge in [-0.2, -0.15) is 0 Å². The van der Waals surface area contributed by atoms with E-state index in [9.17, 15) is 0 Å². The van der Waals surface area contributed by atoms with Crippen LogP contribution in [-0.2, 0) is 75.5 Å². The third kappa shape index (κ3) is 24.1. The molecule has 0 unspecified atom stereocenters. The predicted octanol–water partition coefficient (Wildman–Crippen LogP) is -2.11. The van der Waals surface area contributed by atoms with Crippen molar-refractivity contribution >= 4 is 55.1 Å². The second-order valence-electron chi connectivity index (χ2n) is 0. The van der Waals surface area contributed by atoms with Crippen LogP contribution in [-0.4, -0.2) is 55.1 Å². The van der Waals surface area contributed by atoms with E-state index in [-0.39, 0.29) is 131 Å². The van der Waals surface area contributed by atoms with Gasteiger partial charge in [0.15, 0.2) is 17.4 Å².